The Hall–Kier alpha value is -2.04. The molecule has 0 radical (unpaired) electrons. The number of ether oxygens (including phenoxy) is 1. The number of rotatable bonds is 4. The monoisotopic (exact) mass is 438 g/mol. The summed E-state index contributed by atoms with van der Waals surface area (Å²) in [5, 5.41) is 9.95. The Balaban J connectivity index is 1.85. The fourth-order valence-electron chi connectivity index (χ4n) is 3.06. The van der Waals surface area contributed by atoms with E-state index in [1.807, 2.05) is 0 Å². The number of benzene rings is 1. The zero-order valence-corrected chi connectivity index (χ0v) is 16.9. The van der Waals surface area contributed by atoms with Crippen molar-refractivity contribution >= 4 is 49.8 Å². The van der Waals surface area contributed by atoms with E-state index in [9.17, 15) is 18.3 Å². The van der Waals surface area contributed by atoms with Crippen LogP contribution in [0.5, 0.6) is 0 Å². The maximum Gasteiger partial charge on any atom is 0.336 e. The van der Waals surface area contributed by atoms with E-state index in [4.69, 9.17) is 16.3 Å². The summed E-state index contributed by atoms with van der Waals surface area (Å²) < 4.78 is 32.9. The highest BCUT2D eigenvalue weighted by Gasteiger charge is 2.27. The quantitative estimate of drug-likeness (QED) is 0.671. The standard InChI is InChI=1S/C18H15ClN2O5S2/c19-17-4-3-16(27-17)15-10-13(18(22)23)12-9-11(1-2-14(12)20-15)28(24,25)21-5-7-26-8-6-21/h1-4,9-10H,5-8H2,(H,22,23). The van der Waals surface area contributed by atoms with Crippen LogP contribution in [0.2, 0.25) is 4.34 Å². The molecule has 28 heavy (non-hydrogen) atoms. The predicted octanol–water partition coefficient (Wildman–Crippen LogP) is 3.34. The van der Waals surface area contributed by atoms with Gasteiger partial charge in [0.05, 0.1) is 44.1 Å². The molecule has 0 saturated carbocycles. The van der Waals surface area contributed by atoms with Gasteiger partial charge in [0.25, 0.3) is 0 Å². The highest BCUT2D eigenvalue weighted by atomic mass is 35.5. The molecule has 7 nitrogen and oxygen atoms in total. The van der Waals surface area contributed by atoms with Gasteiger partial charge in [-0.2, -0.15) is 4.31 Å². The Bertz CT molecular complexity index is 1170. The lowest BCUT2D eigenvalue weighted by Crippen LogP contribution is -2.40. The van der Waals surface area contributed by atoms with Crippen LogP contribution in [0.4, 0.5) is 0 Å². The number of sulfonamides is 1. The van der Waals surface area contributed by atoms with Crippen molar-refractivity contribution in [3.63, 3.8) is 0 Å². The number of carboxylic acids is 1. The van der Waals surface area contributed by atoms with Crippen LogP contribution < -0.4 is 0 Å². The lowest BCUT2D eigenvalue weighted by atomic mass is 10.1. The van der Waals surface area contributed by atoms with Gasteiger partial charge in [-0.25, -0.2) is 18.2 Å². The third-order valence-corrected chi connectivity index (χ3v) is 7.59. The molecule has 1 fully saturated rings. The van der Waals surface area contributed by atoms with Crippen LogP contribution >= 0.6 is 22.9 Å². The first-order chi connectivity index (χ1) is 13.4. The summed E-state index contributed by atoms with van der Waals surface area (Å²) in [6.45, 7) is 1.20. The van der Waals surface area contributed by atoms with Gasteiger partial charge >= 0.3 is 5.97 Å². The Morgan fingerprint density at radius 1 is 1.18 bits per heavy atom. The fourth-order valence-corrected chi connectivity index (χ4v) is 5.49. The number of hydrogen-bond acceptors (Lipinski definition) is 6. The minimum atomic E-state index is -3.74. The van der Waals surface area contributed by atoms with E-state index in [0.29, 0.717) is 28.8 Å². The molecule has 0 atom stereocenters. The van der Waals surface area contributed by atoms with Crippen molar-refractivity contribution < 1.29 is 23.1 Å². The molecule has 2 aromatic heterocycles. The lowest BCUT2D eigenvalue weighted by Gasteiger charge is -2.26. The first kappa shape index (κ1) is 19.3. The number of nitrogens with zero attached hydrogens (tertiary/aromatic N) is 2. The molecule has 1 aromatic carbocycles. The number of aromatic carboxylic acids is 1. The molecule has 0 aliphatic carbocycles. The van der Waals surface area contributed by atoms with Crippen LogP contribution in [-0.4, -0.2) is 55.1 Å². The highest BCUT2D eigenvalue weighted by molar-refractivity contribution is 7.89. The van der Waals surface area contributed by atoms with Gasteiger partial charge in [-0.1, -0.05) is 11.6 Å². The summed E-state index contributed by atoms with van der Waals surface area (Å²) >= 11 is 7.26. The average molecular weight is 439 g/mol. The molecular formula is C18H15ClN2O5S2. The van der Waals surface area contributed by atoms with Crippen molar-refractivity contribution in [2.24, 2.45) is 0 Å². The van der Waals surface area contributed by atoms with Crippen LogP contribution in [0.3, 0.4) is 0 Å². The zero-order valence-electron chi connectivity index (χ0n) is 14.5. The fraction of sp³-hybridized carbons (Fsp3) is 0.222. The van der Waals surface area contributed by atoms with E-state index in [-0.39, 0.29) is 28.9 Å². The molecule has 0 bridgehead atoms. The summed E-state index contributed by atoms with van der Waals surface area (Å²) in [6, 6.07) is 9.29. The summed E-state index contributed by atoms with van der Waals surface area (Å²) in [7, 11) is -3.74. The average Bonchev–Trinajstić information content (AvgIpc) is 3.13. The van der Waals surface area contributed by atoms with E-state index in [1.165, 1.54) is 39.9 Å². The Morgan fingerprint density at radius 3 is 2.57 bits per heavy atom. The van der Waals surface area contributed by atoms with E-state index in [0.717, 1.165) is 4.88 Å². The van der Waals surface area contributed by atoms with Gasteiger partial charge in [-0.05, 0) is 36.4 Å². The number of morpholine rings is 1. The Morgan fingerprint density at radius 2 is 1.93 bits per heavy atom. The second kappa shape index (κ2) is 7.41. The lowest BCUT2D eigenvalue weighted by molar-refractivity contribution is 0.0699. The molecule has 0 spiro atoms. The van der Waals surface area contributed by atoms with Gasteiger partial charge in [-0.3, -0.25) is 0 Å². The number of aromatic nitrogens is 1. The van der Waals surface area contributed by atoms with Gasteiger partial charge in [0.2, 0.25) is 10.0 Å². The van der Waals surface area contributed by atoms with Crippen molar-refractivity contribution in [1.29, 1.82) is 0 Å². The first-order valence-corrected chi connectivity index (χ1v) is 11.0. The number of pyridine rings is 1. The minimum Gasteiger partial charge on any atom is -0.478 e. The number of hydrogen-bond donors (Lipinski definition) is 1. The van der Waals surface area contributed by atoms with Crippen LogP contribution in [0.1, 0.15) is 10.4 Å². The van der Waals surface area contributed by atoms with Crippen molar-refractivity contribution in [2.75, 3.05) is 26.3 Å². The predicted molar refractivity (Wildman–Crippen MR) is 107 cm³/mol. The summed E-state index contributed by atoms with van der Waals surface area (Å²) in [5.74, 6) is -1.16. The third kappa shape index (κ3) is 3.51. The molecular weight excluding hydrogens is 424 g/mol. The van der Waals surface area contributed by atoms with Crippen LogP contribution in [0, 0.1) is 0 Å². The molecule has 0 amide bonds. The molecule has 146 valence electrons. The van der Waals surface area contributed by atoms with Crippen molar-refractivity contribution in [2.45, 2.75) is 4.90 Å². The summed E-state index contributed by atoms with van der Waals surface area (Å²) in [6.07, 6.45) is 0. The van der Waals surface area contributed by atoms with Gasteiger partial charge in [0.15, 0.2) is 0 Å². The van der Waals surface area contributed by atoms with Gasteiger partial charge in [0.1, 0.15) is 0 Å². The zero-order chi connectivity index (χ0) is 19.9. The summed E-state index contributed by atoms with van der Waals surface area (Å²) in [4.78, 5) is 17.1. The Kier molecular flexibility index (Phi) is 5.11. The van der Waals surface area contributed by atoms with Crippen LogP contribution in [0.15, 0.2) is 41.3 Å². The van der Waals surface area contributed by atoms with Gasteiger partial charge < -0.3 is 9.84 Å². The van der Waals surface area contributed by atoms with Gasteiger partial charge in [0, 0.05) is 18.5 Å². The van der Waals surface area contributed by atoms with E-state index in [1.54, 1.807) is 12.1 Å². The highest BCUT2D eigenvalue weighted by Crippen LogP contribution is 2.33. The second-order valence-electron chi connectivity index (χ2n) is 6.16. The topological polar surface area (TPSA) is 96.8 Å². The molecule has 3 aromatic rings. The number of carbonyl (C=O) groups is 1. The maximum atomic E-state index is 12.9. The van der Waals surface area contributed by atoms with E-state index < -0.39 is 16.0 Å². The third-order valence-electron chi connectivity index (χ3n) is 4.44. The number of fused-ring (bicyclic) bond motifs is 1. The number of halogens is 1. The molecule has 1 N–H and O–H groups in total. The van der Waals surface area contributed by atoms with Crippen molar-refractivity contribution in [3.05, 3.63) is 46.3 Å². The normalized spacial score (nSPS) is 15.8. The molecule has 3 heterocycles. The molecule has 0 unspecified atom stereocenters. The van der Waals surface area contributed by atoms with Crippen molar-refractivity contribution in [3.8, 4) is 10.6 Å². The Labute approximate surface area is 170 Å². The minimum absolute atomic E-state index is 0.0106. The summed E-state index contributed by atoms with van der Waals surface area (Å²) in [5.41, 5.74) is 0.870. The molecule has 4 rings (SSSR count). The second-order valence-corrected chi connectivity index (χ2v) is 9.81. The largest absolute Gasteiger partial charge is 0.478 e. The molecule has 1 aliphatic rings. The van der Waals surface area contributed by atoms with Crippen LogP contribution in [-0.2, 0) is 14.8 Å². The van der Waals surface area contributed by atoms with Gasteiger partial charge in [-0.15, -0.1) is 11.3 Å². The first-order valence-electron chi connectivity index (χ1n) is 8.38. The van der Waals surface area contributed by atoms with Crippen LogP contribution in [0.25, 0.3) is 21.5 Å². The van der Waals surface area contributed by atoms with E-state index in [2.05, 4.69) is 4.98 Å². The smallest absolute Gasteiger partial charge is 0.336 e. The van der Waals surface area contributed by atoms with Crippen molar-refractivity contribution in [1.82, 2.24) is 9.29 Å². The SMILES string of the molecule is O=C(O)c1cc(-c2ccc(Cl)s2)nc2ccc(S(=O)(=O)N3CCOCC3)cc12. The number of carboxylic acid groups (broad SMARTS) is 1. The number of thiophene rings is 1. The van der Waals surface area contributed by atoms with E-state index >= 15 is 0 Å². The molecule has 1 aliphatic heterocycles. The molecule has 10 heteroatoms. The maximum absolute atomic E-state index is 12.9. The molecule has 1 saturated heterocycles.